The summed E-state index contributed by atoms with van der Waals surface area (Å²) in [6.45, 7) is 1.25. The molecule has 0 saturated heterocycles. The summed E-state index contributed by atoms with van der Waals surface area (Å²) in [6.07, 6.45) is -6.71. The summed E-state index contributed by atoms with van der Waals surface area (Å²) in [6, 6.07) is 0. The van der Waals surface area contributed by atoms with E-state index in [1.54, 1.807) is 0 Å². The molecule has 0 aromatic carbocycles. The van der Waals surface area contributed by atoms with Crippen LogP contribution in [0.4, 0.5) is 13.2 Å². The zero-order valence-corrected chi connectivity index (χ0v) is 10.5. The second-order valence-corrected chi connectivity index (χ2v) is 4.13. The Morgan fingerprint density at radius 3 is 1.71 bits per heavy atom. The monoisotopic (exact) mass is 245 g/mol. The van der Waals surface area contributed by atoms with Crippen molar-refractivity contribution in [1.82, 2.24) is 0 Å². The van der Waals surface area contributed by atoms with E-state index in [1.807, 2.05) is 0 Å². The summed E-state index contributed by atoms with van der Waals surface area (Å²) in [5.74, 6) is 0. The van der Waals surface area contributed by atoms with E-state index in [0.717, 1.165) is 0 Å². The van der Waals surface area contributed by atoms with Gasteiger partial charge in [-0.05, 0) is 0 Å². The first kappa shape index (κ1) is 17.1. The predicted octanol–water partition coefficient (Wildman–Crippen LogP) is -2.07. The van der Waals surface area contributed by atoms with E-state index in [2.05, 4.69) is 0 Å². The van der Waals surface area contributed by atoms with Gasteiger partial charge in [-0.1, -0.05) is 13.3 Å². The largest absolute Gasteiger partial charge is 1.00 e. The molecule has 0 radical (unpaired) electrons. The zero-order valence-electron chi connectivity index (χ0n) is 7.67. The van der Waals surface area contributed by atoms with Gasteiger partial charge in [0.15, 0.2) is 0 Å². The molecule has 0 bridgehead atoms. The standard InChI is InChI=1S/C5H9F3O4S.Na/c1-2-3-4(9,5(6,7)8)13(10,11)12;/h9H,2-3H2,1H3,(H,10,11,12);/q;+1. The average Bonchev–Trinajstić information content (AvgIpc) is 1.82. The molecule has 0 aliphatic carbocycles. The fourth-order valence-electron chi connectivity index (χ4n) is 0.756. The summed E-state index contributed by atoms with van der Waals surface area (Å²) in [7, 11) is -5.55. The van der Waals surface area contributed by atoms with Crippen LogP contribution in [0.1, 0.15) is 19.8 Å². The summed E-state index contributed by atoms with van der Waals surface area (Å²) in [5, 5.41) is 8.72. The molecule has 1 unspecified atom stereocenters. The van der Waals surface area contributed by atoms with Crippen LogP contribution in [0.3, 0.4) is 0 Å². The molecule has 1 atom stereocenters. The van der Waals surface area contributed by atoms with E-state index in [-0.39, 0.29) is 36.0 Å². The van der Waals surface area contributed by atoms with Crippen LogP contribution in [-0.2, 0) is 10.1 Å². The quantitative estimate of drug-likeness (QED) is 0.442. The van der Waals surface area contributed by atoms with Crippen molar-refractivity contribution in [2.45, 2.75) is 30.9 Å². The Morgan fingerprint density at radius 1 is 1.29 bits per heavy atom. The molecule has 2 N–H and O–H groups in total. The third-order valence-corrected chi connectivity index (χ3v) is 2.75. The van der Waals surface area contributed by atoms with E-state index in [0.29, 0.717) is 0 Å². The van der Waals surface area contributed by atoms with Gasteiger partial charge in [-0.25, -0.2) is 0 Å². The maximum Gasteiger partial charge on any atom is 1.00 e. The van der Waals surface area contributed by atoms with Crippen LogP contribution in [0, 0.1) is 0 Å². The number of alkyl halides is 3. The number of hydrogen-bond acceptors (Lipinski definition) is 3. The molecule has 14 heavy (non-hydrogen) atoms. The average molecular weight is 245 g/mol. The van der Waals surface area contributed by atoms with Crippen molar-refractivity contribution in [2.75, 3.05) is 0 Å². The molecule has 0 fully saturated rings. The molecule has 4 nitrogen and oxygen atoms in total. The maximum atomic E-state index is 12.0. The number of rotatable bonds is 3. The van der Waals surface area contributed by atoms with Crippen LogP contribution in [0.5, 0.6) is 0 Å². The fourth-order valence-corrected chi connectivity index (χ4v) is 1.51. The molecule has 0 rings (SSSR count). The second-order valence-electron chi connectivity index (χ2n) is 2.51. The minimum atomic E-state index is -5.55. The van der Waals surface area contributed by atoms with Gasteiger partial charge in [0.25, 0.3) is 4.93 Å². The first-order valence-corrected chi connectivity index (χ1v) is 4.76. The van der Waals surface area contributed by atoms with E-state index in [1.165, 1.54) is 6.92 Å². The Labute approximate surface area is 102 Å². The molecular weight excluding hydrogens is 236 g/mol. The molecule has 80 valence electrons. The molecule has 0 amide bonds. The topological polar surface area (TPSA) is 74.6 Å². The minimum Gasteiger partial charge on any atom is -0.366 e. The Balaban J connectivity index is 0. The number of aliphatic hydroxyl groups is 1. The van der Waals surface area contributed by atoms with Gasteiger partial charge in [0.1, 0.15) is 0 Å². The molecule has 0 aromatic heterocycles. The molecule has 0 heterocycles. The van der Waals surface area contributed by atoms with Gasteiger partial charge >= 0.3 is 45.9 Å². The Morgan fingerprint density at radius 2 is 1.64 bits per heavy atom. The summed E-state index contributed by atoms with van der Waals surface area (Å²) in [4.78, 5) is -4.05. The van der Waals surface area contributed by atoms with Crippen molar-refractivity contribution in [3.05, 3.63) is 0 Å². The van der Waals surface area contributed by atoms with Gasteiger partial charge in [0.2, 0.25) is 0 Å². The van der Waals surface area contributed by atoms with E-state index in [9.17, 15) is 21.6 Å². The van der Waals surface area contributed by atoms with Crippen LogP contribution in [0.2, 0.25) is 0 Å². The normalized spacial score (nSPS) is 17.0. The third-order valence-electron chi connectivity index (χ3n) is 1.46. The molecule has 0 saturated carbocycles. The van der Waals surface area contributed by atoms with E-state index >= 15 is 0 Å². The molecule has 0 aliphatic rings. The van der Waals surface area contributed by atoms with Crippen LogP contribution in [0.15, 0.2) is 0 Å². The summed E-state index contributed by atoms with van der Waals surface area (Å²) >= 11 is 0. The molecular formula is C5H9F3NaO4S+. The van der Waals surface area contributed by atoms with Gasteiger partial charge in [-0.15, -0.1) is 0 Å². The predicted molar refractivity (Wildman–Crippen MR) is 37.5 cm³/mol. The second kappa shape index (κ2) is 5.13. The van der Waals surface area contributed by atoms with Crippen LogP contribution in [-0.4, -0.2) is 29.2 Å². The fraction of sp³-hybridized carbons (Fsp3) is 1.00. The first-order valence-electron chi connectivity index (χ1n) is 3.32. The van der Waals surface area contributed by atoms with Crippen molar-refractivity contribution < 1.29 is 60.8 Å². The first-order chi connectivity index (χ1) is 5.56. The molecule has 9 heteroatoms. The molecule has 0 aromatic rings. The Hall–Kier alpha value is 0.660. The third kappa shape index (κ3) is 3.35. The Kier molecular flexibility index (Phi) is 6.25. The smallest absolute Gasteiger partial charge is 0.366 e. The van der Waals surface area contributed by atoms with Gasteiger partial charge in [0, 0.05) is 6.42 Å². The van der Waals surface area contributed by atoms with Gasteiger partial charge in [-0.2, -0.15) is 21.6 Å². The summed E-state index contributed by atoms with van der Waals surface area (Å²) < 4.78 is 64.8. The minimum absolute atomic E-state index is 0. The van der Waals surface area contributed by atoms with Crippen molar-refractivity contribution >= 4 is 10.1 Å². The zero-order chi connectivity index (χ0) is 10.9. The van der Waals surface area contributed by atoms with Crippen molar-refractivity contribution in [3.8, 4) is 0 Å². The molecule has 0 spiro atoms. The van der Waals surface area contributed by atoms with Crippen LogP contribution >= 0.6 is 0 Å². The van der Waals surface area contributed by atoms with Crippen molar-refractivity contribution in [1.29, 1.82) is 0 Å². The number of hydrogen-bond donors (Lipinski definition) is 2. The number of halogens is 3. The van der Waals surface area contributed by atoms with Crippen molar-refractivity contribution in [3.63, 3.8) is 0 Å². The van der Waals surface area contributed by atoms with Gasteiger partial charge < -0.3 is 5.11 Å². The maximum absolute atomic E-state index is 12.0. The van der Waals surface area contributed by atoms with E-state index < -0.39 is 27.6 Å². The van der Waals surface area contributed by atoms with E-state index in [4.69, 9.17) is 9.66 Å². The van der Waals surface area contributed by atoms with Crippen LogP contribution < -0.4 is 29.6 Å². The van der Waals surface area contributed by atoms with Gasteiger partial charge in [-0.3, -0.25) is 4.55 Å². The van der Waals surface area contributed by atoms with Gasteiger partial charge in [0.05, 0.1) is 0 Å². The SMILES string of the molecule is CCCC(O)(C(F)(F)F)S(=O)(=O)O.[Na+]. The molecule has 0 aliphatic heterocycles. The summed E-state index contributed by atoms with van der Waals surface area (Å²) in [5.41, 5.74) is 0. The van der Waals surface area contributed by atoms with Crippen LogP contribution in [0.25, 0.3) is 0 Å². The Bertz CT molecular complexity index is 275. The van der Waals surface area contributed by atoms with Crippen molar-refractivity contribution in [2.24, 2.45) is 0 Å².